The molecule has 2 aliphatic rings. The Morgan fingerprint density at radius 3 is 2.43 bits per heavy atom. The zero-order valence-corrected chi connectivity index (χ0v) is 24.1. The Morgan fingerprint density at radius 2 is 1.76 bits per heavy atom. The second-order valence-electron chi connectivity index (χ2n) is 10.7. The predicted octanol–water partition coefficient (Wildman–Crippen LogP) is 6.41. The van der Waals surface area contributed by atoms with Crippen LogP contribution in [-0.2, 0) is 11.4 Å². The molecule has 214 valence electrons. The molecule has 1 unspecified atom stereocenters. The second kappa shape index (κ2) is 11.4. The smallest absolute Gasteiger partial charge is 0.296 e. The van der Waals surface area contributed by atoms with Crippen LogP contribution in [0.5, 0.6) is 11.5 Å². The minimum atomic E-state index is -0.704. The second-order valence-corrected chi connectivity index (χ2v) is 10.7. The van der Waals surface area contributed by atoms with Gasteiger partial charge in [0.2, 0.25) is 0 Å². The number of benzene rings is 3. The summed E-state index contributed by atoms with van der Waals surface area (Å²) in [5.74, 6) is 0.327. The first-order valence-corrected chi connectivity index (χ1v) is 13.7. The Morgan fingerprint density at radius 1 is 1.05 bits per heavy atom. The van der Waals surface area contributed by atoms with E-state index in [-0.39, 0.29) is 28.6 Å². The van der Waals surface area contributed by atoms with Gasteiger partial charge in [0.05, 0.1) is 35.7 Å². The minimum absolute atomic E-state index is 0.0718. The van der Waals surface area contributed by atoms with Crippen LogP contribution in [0.2, 0.25) is 0 Å². The average molecular weight is 565 g/mol. The molecule has 2 N–H and O–H groups in total. The Bertz CT molecular complexity index is 1700. The molecule has 3 aromatic carbocycles. The van der Waals surface area contributed by atoms with Crippen molar-refractivity contribution in [1.29, 1.82) is 5.26 Å². The average Bonchev–Trinajstić information content (AvgIpc) is 2.97. The standard InChI is InChI=1S/C33H32N4O5/c1-19-8-10-23(11-9-19)42-18-22-14-20(2)15-25(21(22)3)31-26(17-34)33(35)36(28-6-5-7-30(38)32(28)31)27-13-12-24(41-4)16-29(27)37(39)40/h8-16,31H,5-7,18,35H2,1-4H3. The molecular formula is C33H32N4O5. The normalized spacial score (nSPS) is 16.7. The molecule has 1 heterocycles. The van der Waals surface area contributed by atoms with Crippen LogP contribution in [-0.4, -0.2) is 17.8 Å². The van der Waals surface area contributed by atoms with Gasteiger partial charge in [-0.1, -0.05) is 35.4 Å². The van der Waals surface area contributed by atoms with Crippen LogP contribution in [0.15, 0.2) is 77.3 Å². The molecule has 3 aromatic rings. The maximum absolute atomic E-state index is 13.7. The van der Waals surface area contributed by atoms with E-state index in [0.717, 1.165) is 33.6 Å². The molecule has 1 atom stereocenters. The number of Topliss-reactive ketones (excluding diaryl/α,β-unsaturated/α-hetero) is 1. The number of anilines is 1. The van der Waals surface area contributed by atoms with Crippen molar-refractivity contribution in [3.63, 3.8) is 0 Å². The summed E-state index contributed by atoms with van der Waals surface area (Å²) in [6, 6.07) is 18.6. The van der Waals surface area contributed by atoms with E-state index >= 15 is 0 Å². The number of carbonyl (C=O) groups excluding carboxylic acids is 1. The van der Waals surface area contributed by atoms with Gasteiger partial charge in [0, 0.05) is 17.7 Å². The Labute approximate surface area is 244 Å². The van der Waals surface area contributed by atoms with Gasteiger partial charge in [-0.3, -0.25) is 19.8 Å². The quantitative estimate of drug-likeness (QED) is 0.257. The summed E-state index contributed by atoms with van der Waals surface area (Å²) in [4.78, 5) is 26.8. The highest BCUT2D eigenvalue weighted by molar-refractivity contribution is 6.01. The van der Waals surface area contributed by atoms with Crippen LogP contribution in [0.3, 0.4) is 0 Å². The summed E-state index contributed by atoms with van der Waals surface area (Å²) in [5, 5.41) is 22.6. The van der Waals surface area contributed by atoms with Crippen molar-refractivity contribution in [2.45, 2.75) is 52.6 Å². The summed E-state index contributed by atoms with van der Waals surface area (Å²) in [7, 11) is 1.43. The number of hydrogen-bond donors (Lipinski definition) is 1. The number of hydrogen-bond acceptors (Lipinski definition) is 8. The molecule has 42 heavy (non-hydrogen) atoms. The molecule has 0 spiro atoms. The number of nitro groups is 1. The lowest BCUT2D eigenvalue weighted by Crippen LogP contribution is -2.39. The van der Waals surface area contributed by atoms with Crippen LogP contribution in [0.1, 0.15) is 53.0 Å². The largest absolute Gasteiger partial charge is 0.496 e. The lowest BCUT2D eigenvalue weighted by molar-refractivity contribution is -0.384. The third-order valence-electron chi connectivity index (χ3n) is 7.96. The number of ether oxygens (including phenoxy) is 2. The third-order valence-corrected chi connectivity index (χ3v) is 7.96. The van der Waals surface area contributed by atoms with Crippen molar-refractivity contribution < 1.29 is 19.2 Å². The summed E-state index contributed by atoms with van der Waals surface area (Å²) in [6.45, 7) is 6.25. The fourth-order valence-corrected chi connectivity index (χ4v) is 5.85. The number of methoxy groups -OCH3 is 1. The van der Waals surface area contributed by atoms with Gasteiger partial charge in [0.25, 0.3) is 5.69 Å². The molecule has 5 rings (SSSR count). The van der Waals surface area contributed by atoms with Crippen LogP contribution in [0.4, 0.5) is 11.4 Å². The van der Waals surface area contributed by atoms with Crippen molar-refractivity contribution in [1.82, 2.24) is 0 Å². The number of aryl methyl sites for hydroxylation is 2. The lowest BCUT2D eigenvalue weighted by Gasteiger charge is -2.40. The molecule has 0 saturated heterocycles. The molecule has 1 aliphatic carbocycles. The zero-order chi connectivity index (χ0) is 30.1. The molecular weight excluding hydrogens is 532 g/mol. The van der Waals surface area contributed by atoms with E-state index in [2.05, 4.69) is 6.07 Å². The van der Waals surface area contributed by atoms with E-state index in [4.69, 9.17) is 15.2 Å². The fourth-order valence-electron chi connectivity index (χ4n) is 5.85. The summed E-state index contributed by atoms with van der Waals surface area (Å²) >= 11 is 0. The van der Waals surface area contributed by atoms with Gasteiger partial charge in [-0.15, -0.1) is 0 Å². The molecule has 0 fully saturated rings. The van der Waals surface area contributed by atoms with E-state index in [9.17, 15) is 20.2 Å². The van der Waals surface area contributed by atoms with Crippen molar-refractivity contribution >= 4 is 17.2 Å². The predicted molar refractivity (Wildman–Crippen MR) is 159 cm³/mol. The maximum atomic E-state index is 13.7. The summed E-state index contributed by atoms with van der Waals surface area (Å²) in [5.41, 5.74) is 12.6. The van der Waals surface area contributed by atoms with E-state index in [1.165, 1.54) is 18.1 Å². The van der Waals surface area contributed by atoms with Crippen LogP contribution < -0.4 is 20.1 Å². The molecule has 0 radical (unpaired) electrons. The highest BCUT2D eigenvalue weighted by atomic mass is 16.6. The van der Waals surface area contributed by atoms with Gasteiger partial charge < -0.3 is 15.2 Å². The third kappa shape index (κ3) is 5.07. The Hall–Kier alpha value is -5.10. The van der Waals surface area contributed by atoms with Crippen LogP contribution >= 0.6 is 0 Å². The van der Waals surface area contributed by atoms with Gasteiger partial charge in [0.1, 0.15) is 29.6 Å². The number of allylic oxidation sites excluding steroid dienone is 3. The SMILES string of the molecule is COc1ccc(N2C(N)=C(C#N)C(c3cc(C)cc(COc4ccc(C)cc4)c3C)C3=C2CCCC3=O)c([N+](=O)[O-])c1. The Balaban J connectivity index is 1.66. The van der Waals surface area contributed by atoms with Gasteiger partial charge in [-0.25, -0.2) is 0 Å². The highest BCUT2D eigenvalue weighted by Gasteiger charge is 2.42. The number of ketones is 1. The van der Waals surface area contributed by atoms with Crippen molar-refractivity contribution in [3.05, 3.63) is 115 Å². The summed E-state index contributed by atoms with van der Waals surface area (Å²) in [6.07, 6.45) is 1.37. The van der Waals surface area contributed by atoms with Crippen molar-refractivity contribution in [2.24, 2.45) is 5.73 Å². The number of rotatable bonds is 7. The highest BCUT2D eigenvalue weighted by Crippen LogP contribution is 2.49. The zero-order valence-electron chi connectivity index (χ0n) is 24.1. The van der Waals surface area contributed by atoms with Gasteiger partial charge in [0.15, 0.2) is 5.78 Å². The van der Waals surface area contributed by atoms with Crippen molar-refractivity contribution in [3.8, 4) is 17.6 Å². The molecule has 0 amide bonds. The minimum Gasteiger partial charge on any atom is -0.496 e. The molecule has 1 aliphatic heterocycles. The number of nitrogens with zero attached hydrogens (tertiary/aromatic N) is 3. The van der Waals surface area contributed by atoms with Crippen LogP contribution in [0.25, 0.3) is 0 Å². The van der Waals surface area contributed by atoms with Crippen LogP contribution in [0, 0.1) is 42.2 Å². The van der Waals surface area contributed by atoms with Crippen molar-refractivity contribution in [2.75, 3.05) is 12.0 Å². The first kappa shape index (κ1) is 28.4. The van der Waals surface area contributed by atoms with Gasteiger partial charge >= 0.3 is 0 Å². The fraction of sp³-hybridized carbons (Fsp3) is 0.273. The first-order chi connectivity index (χ1) is 20.1. The number of carbonyl (C=O) groups is 1. The van der Waals surface area contributed by atoms with E-state index < -0.39 is 10.8 Å². The molecule has 0 bridgehead atoms. The number of nitro benzene ring substituents is 1. The Kier molecular flexibility index (Phi) is 7.72. The topological polar surface area (TPSA) is 132 Å². The first-order valence-electron chi connectivity index (χ1n) is 13.7. The number of nitrogens with two attached hydrogens (primary N) is 1. The summed E-state index contributed by atoms with van der Waals surface area (Å²) < 4.78 is 11.3. The molecule has 9 nitrogen and oxygen atoms in total. The maximum Gasteiger partial charge on any atom is 0.296 e. The van der Waals surface area contributed by atoms with E-state index in [1.54, 1.807) is 12.1 Å². The lowest BCUT2D eigenvalue weighted by atomic mass is 9.73. The number of nitriles is 1. The molecule has 9 heteroatoms. The van der Waals surface area contributed by atoms with Gasteiger partial charge in [-0.2, -0.15) is 5.26 Å². The molecule has 0 aromatic heterocycles. The molecule has 0 saturated carbocycles. The van der Waals surface area contributed by atoms with E-state index in [1.807, 2.05) is 57.2 Å². The van der Waals surface area contributed by atoms with E-state index in [0.29, 0.717) is 42.9 Å². The monoisotopic (exact) mass is 564 g/mol. The van der Waals surface area contributed by atoms with Gasteiger partial charge in [-0.05, 0) is 74.6 Å².